The molecule has 0 atom stereocenters. The van der Waals surface area contributed by atoms with Crippen molar-refractivity contribution in [3.8, 4) is 0 Å². The highest BCUT2D eigenvalue weighted by Crippen LogP contribution is 2.16. The second-order valence-corrected chi connectivity index (χ2v) is 2.62. The van der Waals surface area contributed by atoms with Crippen molar-refractivity contribution in [3.05, 3.63) is 12.5 Å². The molecule has 0 amide bonds. The molecule has 0 saturated carbocycles. The van der Waals surface area contributed by atoms with E-state index in [0.29, 0.717) is 0 Å². The fourth-order valence-electron chi connectivity index (χ4n) is 0.436. The minimum atomic E-state index is 0.941. The number of aryl methyl sites for hydroxylation is 1. The maximum absolute atomic E-state index is 3.98. The zero-order valence-electron chi connectivity index (χ0n) is 4.40. The van der Waals surface area contributed by atoms with Crippen molar-refractivity contribution >= 4 is 22.5 Å². The maximum Gasteiger partial charge on any atom is 0.124 e. The van der Waals surface area contributed by atoms with Crippen LogP contribution in [0.2, 0.25) is 0 Å². The zero-order chi connectivity index (χ0) is 5.98. The minimum absolute atomic E-state index is 0.941. The molecule has 0 fully saturated rings. The highest BCUT2D eigenvalue weighted by Gasteiger charge is 1.89. The molecule has 0 saturated heterocycles. The molecule has 1 heterocycles. The van der Waals surface area contributed by atoms with Gasteiger partial charge in [-0.25, -0.2) is 4.98 Å². The summed E-state index contributed by atoms with van der Waals surface area (Å²) in [7, 11) is 3.28. The van der Waals surface area contributed by atoms with Crippen molar-refractivity contribution in [2.24, 2.45) is 7.05 Å². The molecule has 0 aliphatic heterocycles. The summed E-state index contributed by atoms with van der Waals surface area (Å²) in [4.78, 5) is 3.98. The predicted molar refractivity (Wildman–Crippen MR) is 38.1 cm³/mol. The van der Waals surface area contributed by atoms with Gasteiger partial charge in [-0.15, -0.1) is 11.7 Å². The number of imidazole rings is 1. The molecule has 8 heavy (non-hydrogen) atoms. The third-order valence-electron chi connectivity index (χ3n) is 0.775. The van der Waals surface area contributed by atoms with Crippen LogP contribution >= 0.6 is 22.5 Å². The first-order valence-electron chi connectivity index (χ1n) is 2.12. The lowest BCUT2D eigenvalue weighted by Crippen LogP contribution is -1.76. The van der Waals surface area contributed by atoms with Gasteiger partial charge in [0.1, 0.15) is 5.03 Å². The smallest absolute Gasteiger partial charge is 0.124 e. The molecule has 0 N–H and O–H groups in total. The predicted octanol–water partition coefficient (Wildman–Crippen LogP) is 1.36. The Morgan fingerprint density at radius 1 is 1.88 bits per heavy atom. The summed E-state index contributed by atoms with van der Waals surface area (Å²) in [6.07, 6.45) is 3.66. The molecule has 0 bridgehead atoms. The van der Waals surface area contributed by atoms with Gasteiger partial charge in [-0.2, -0.15) is 0 Å². The van der Waals surface area contributed by atoms with E-state index in [0.717, 1.165) is 5.03 Å². The lowest BCUT2D eigenvalue weighted by atomic mass is 10.9. The standard InChI is InChI=1S/C4H6N2S2/c1-6-2-4(8-7)5-3-6/h2-3,7H,1H3. The Morgan fingerprint density at radius 2 is 2.62 bits per heavy atom. The molecular weight excluding hydrogens is 140 g/mol. The zero-order valence-corrected chi connectivity index (χ0v) is 6.12. The van der Waals surface area contributed by atoms with Crippen molar-refractivity contribution in [2.45, 2.75) is 5.03 Å². The highest BCUT2D eigenvalue weighted by molar-refractivity contribution is 8.68. The average molecular weight is 146 g/mol. The van der Waals surface area contributed by atoms with E-state index < -0.39 is 0 Å². The summed E-state index contributed by atoms with van der Waals surface area (Å²) < 4.78 is 1.89. The Hall–Kier alpha value is -0.0900. The van der Waals surface area contributed by atoms with E-state index in [9.17, 15) is 0 Å². The van der Waals surface area contributed by atoms with E-state index in [1.165, 1.54) is 10.8 Å². The third-order valence-corrected chi connectivity index (χ3v) is 1.73. The van der Waals surface area contributed by atoms with Crippen molar-refractivity contribution in [1.29, 1.82) is 0 Å². The van der Waals surface area contributed by atoms with Crippen molar-refractivity contribution in [2.75, 3.05) is 0 Å². The average Bonchev–Trinajstić information content (AvgIpc) is 2.14. The van der Waals surface area contributed by atoms with Crippen molar-refractivity contribution in [1.82, 2.24) is 9.55 Å². The number of aromatic nitrogens is 2. The van der Waals surface area contributed by atoms with Crippen LogP contribution in [0, 0.1) is 0 Å². The monoisotopic (exact) mass is 146 g/mol. The summed E-state index contributed by atoms with van der Waals surface area (Å²) in [5.74, 6) is 0. The fraction of sp³-hybridized carbons (Fsp3) is 0.250. The molecule has 0 radical (unpaired) electrons. The van der Waals surface area contributed by atoms with E-state index in [-0.39, 0.29) is 0 Å². The van der Waals surface area contributed by atoms with Gasteiger partial charge in [-0.05, 0) is 10.8 Å². The molecule has 1 aromatic rings. The number of hydrogen-bond donors (Lipinski definition) is 1. The van der Waals surface area contributed by atoms with Crippen LogP contribution in [0.5, 0.6) is 0 Å². The van der Waals surface area contributed by atoms with E-state index in [4.69, 9.17) is 0 Å². The summed E-state index contributed by atoms with van der Waals surface area (Å²) in [5.41, 5.74) is 0. The first-order chi connectivity index (χ1) is 3.83. The quantitative estimate of drug-likeness (QED) is 0.476. The van der Waals surface area contributed by atoms with Gasteiger partial charge in [0.2, 0.25) is 0 Å². The Balaban J connectivity index is 2.84. The van der Waals surface area contributed by atoms with E-state index >= 15 is 0 Å². The molecule has 44 valence electrons. The Kier molecular flexibility index (Phi) is 1.85. The normalized spacial score (nSPS) is 9.75. The van der Waals surface area contributed by atoms with E-state index in [2.05, 4.69) is 16.6 Å². The molecule has 0 spiro atoms. The molecule has 0 unspecified atom stereocenters. The van der Waals surface area contributed by atoms with Crippen LogP contribution in [0.15, 0.2) is 17.6 Å². The molecule has 4 heteroatoms. The summed E-state index contributed by atoms with van der Waals surface area (Å²) >= 11 is 3.96. The van der Waals surface area contributed by atoms with Crippen LogP contribution in [0.3, 0.4) is 0 Å². The molecule has 0 aliphatic rings. The van der Waals surface area contributed by atoms with Crippen molar-refractivity contribution in [3.63, 3.8) is 0 Å². The SMILES string of the molecule is Cn1cnc(SS)c1. The van der Waals surface area contributed by atoms with Gasteiger partial charge in [-0.3, -0.25) is 0 Å². The third kappa shape index (κ3) is 1.20. The first-order valence-corrected chi connectivity index (χ1v) is 3.99. The number of thiol groups is 1. The van der Waals surface area contributed by atoms with E-state index in [1.54, 1.807) is 6.33 Å². The highest BCUT2D eigenvalue weighted by atomic mass is 33.1. The fourth-order valence-corrected chi connectivity index (χ4v) is 1.03. The van der Waals surface area contributed by atoms with Gasteiger partial charge in [0.25, 0.3) is 0 Å². The largest absolute Gasteiger partial charge is 0.339 e. The van der Waals surface area contributed by atoms with Crippen LogP contribution in [-0.4, -0.2) is 9.55 Å². The Bertz CT molecular complexity index is 172. The molecule has 1 aromatic heterocycles. The van der Waals surface area contributed by atoms with Crippen LogP contribution in [-0.2, 0) is 7.05 Å². The Morgan fingerprint density at radius 3 is 2.88 bits per heavy atom. The van der Waals surface area contributed by atoms with Gasteiger partial charge in [0.05, 0.1) is 6.33 Å². The van der Waals surface area contributed by atoms with Crippen LogP contribution in [0.4, 0.5) is 0 Å². The van der Waals surface area contributed by atoms with Crippen LogP contribution in [0.1, 0.15) is 0 Å². The Labute approximate surface area is 57.1 Å². The summed E-state index contributed by atoms with van der Waals surface area (Å²) in [5, 5.41) is 0.941. The first kappa shape index (κ1) is 6.04. The van der Waals surface area contributed by atoms with Gasteiger partial charge in [0.15, 0.2) is 0 Å². The maximum atomic E-state index is 3.98. The number of hydrogen-bond acceptors (Lipinski definition) is 3. The van der Waals surface area contributed by atoms with Gasteiger partial charge in [0, 0.05) is 13.2 Å². The second kappa shape index (κ2) is 2.46. The molecule has 0 aliphatic carbocycles. The van der Waals surface area contributed by atoms with E-state index in [1.807, 2.05) is 17.8 Å². The van der Waals surface area contributed by atoms with Crippen LogP contribution in [0.25, 0.3) is 0 Å². The summed E-state index contributed by atoms with van der Waals surface area (Å²) in [6.45, 7) is 0. The van der Waals surface area contributed by atoms with Gasteiger partial charge < -0.3 is 4.57 Å². The second-order valence-electron chi connectivity index (χ2n) is 1.47. The molecule has 1 rings (SSSR count). The van der Waals surface area contributed by atoms with Crippen molar-refractivity contribution < 1.29 is 0 Å². The van der Waals surface area contributed by atoms with Gasteiger partial charge in [-0.1, -0.05) is 0 Å². The van der Waals surface area contributed by atoms with Crippen LogP contribution < -0.4 is 0 Å². The van der Waals surface area contributed by atoms with Gasteiger partial charge >= 0.3 is 0 Å². The minimum Gasteiger partial charge on any atom is -0.339 e. The molecular formula is C4H6N2S2. The molecule has 0 aromatic carbocycles. The summed E-state index contributed by atoms with van der Waals surface area (Å²) in [6, 6.07) is 0. The number of rotatable bonds is 1. The molecule has 2 nitrogen and oxygen atoms in total. The lowest BCUT2D eigenvalue weighted by Gasteiger charge is -1.80. The number of nitrogens with zero attached hydrogens (tertiary/aromatic N) is 2. The lowest BCUT2D eigenvalue weighted by molar-refractivity contribution is 0.912. The topological polar surface area (TPSA) is 17.8 Å².